The number of amides is 3. The van der Waals surface area contributed by atoms with Gasteiger partial charge < -0.3 is 20.0 Å². The smallest absolute Gasteiger partial charge is 0.374 e. The second-order valence-electron chi connectivity index (χ2n) is 17.3. The van der Waals surface area contributed by atoms with Crippen molar-refractivity contribution < 1.29 is 59.2 Å². The van der Waals surface area contributed by atoms with E-state index >= 15 is 8.78 Å². The summed E-state index contributed by atoms with van der Waals surface area (Å²) >= 11 is 0. The number of carbonyl (C=O) groups is 5. The first-order chi connectivity index (χ1) is 33.8. The quantitative estimate of drug-likeness (QED) is 0.0773. The molecule has 71 heavy (non-hydrogen) atoms. The highest BCUT2D eigenvalue weighted by Gasteiger charge is 2.42. The van der Waals surface area contributed by atoms with Crippen LogP contribution in [0.25, 0.3) is 22.2 Å². The molecule has 3 N–H and O–H groups in total. The fourth-order valence-electron chi connectivity index (χ4n) is 8.49. The van der Waals surface area contributed by atoms with Crippen LogP contribution in [0.3, 0.4) is 0 Å². The van der Waals surface area contributed by atoms with Gasteiger partial charge in [-0.3, -0.25) is 39.0 Å². The average molecular weight is 1010 g/mol. The van der Waals surface area contributed by atoms with Gasteiger partial charge in [-0.15, -0.1) is 0 Å². The zero-order valence-electron chi connectivity index (χ0n) is 38.5. The third-order valence-corrected chi connectivity index (χ3v) is 14.2. The van der Waals surface area contributed by atoms with Gasteiger partial charge in [-0.05, 0) is 53.9 Å². The number of alkyl halides is 3. The number of pyridine rings is 1. The molecule has 0 bridgehead atoms. The largest absolute Gasteiger partial charge is 0.493 e. The van der Waals surface area contributed by atoms with Crippen molar-refractivity contribution in [1.29, 1.82) is 0 Å². The lowest BCUT2D eigenvalue weighted by Crippen LogP contribution is -2.53. The fraction of sp³-hybridized carbons (Fsp3) is 0.362. The molecule has 3 aliphatic rings. The van der Waals surface area contributed by atoms with Crippen LogP contribution in [0.4, 0.5) is 39.0 Å². The Balaban J connectivity index is 0.884. The zero-order chi connectivity index (χ0) is 50.8. The Morgan fingerprint density at radius 1 is 0.901 bits per heavy atom. The van der Waals surface area contributed by atoms with Gasteiger partial charge >= 0.3 is 22.4 Å². The van der Waals surface area contributed by atoms with Crippen LogP contribution in [-0.2, 0) is 35.9 Å². The number of imide groups is 1. The van der Waals surface area contributed by atoms with Gasteiger partial charge in [0.2, 0.25) is 23.5 Å². The van der Waals surface area contributed by atoms with E-state index in [2.05, 4.69) is 35.2 Å². The van der Waals surface area contributed by atoms with Crippen molar-refractivity contribution in [2.24, 2.45) is 0 Å². The normalized spacial score (nSPS) is 17.4. The highest BCUT2D eigenvalue weighted by molar-refractivity contribution is 7.90. The molecule has 5 heterocycles. The Bertz CT molecular complexity index is 2980. The van der Waals surface area contributed by atoms with Crippen molar-refractivity contribution in [2.45, 2.75) is 38.5 Å². The Morgan fingerprint density at radius 3 is 2.28 bits per heavy atom. The van der Waals surface area contributed by atoms with Gasteiger partial charge in [0.05, 0.1) is 29.6 Å². The summed E-state index contributed by atoms with van der Waals surface area (Å²) in [6.45, 7) is 7.50. The maximum atomic E-state index is 15.9. The number of piperidine rings is 1. The Labute approximate surface area is 404 Å². The van der Waals surface area contributed by atoms with E-state index in [1.807, 2.05) is 46.0 Å². The van der Waals surface area contributed by atoms with E-state index in [1.165, 1.54) is 26.2 Å². The number of hydrogen-bond acceptors (Lipinski definition) is 13. The molecule has 3 aliphatic heterocycles. The topological polar surface area (TPSA) is 199 Å². The monoisotopic (exact) mass is 1010 g/mol. The van der Waals surface area contributed by atoms with E-state index < -0.39 is 68.3 Å². The zero-order valence-corrected chi connectivity index (χ0v) is 39.3. The van der Waals surface area contributed by atoms with E-state index in [0.29, 0.717) is 95.3 Å². The first-order valence-corrected chi connectivity index (χ1v) is 24.1. The number of halogens is 5. The third-order valence-electron chi connectivity index (χ3n) is 12.6. The molecule has 1 unspecified atom stereocenters. The van der Waals surface area contributed by atoms with Gasteiger partial charge in [0, 0.05) is 107 Å². The molecule has 3 amide bonds. The van der Waals surface area contributed by atoms with Crippen molar-refractivity contribution >= 4 is 67.8 Å². The summed E-state index contributed by atoms with van der Waals surface area (Å²) in [6.07, 6.45) is -2.85. The number of rotatable bonds is 15. The molecule has 0 spiro atoms. The number of fused-ring (bicyclic) bond motifs is 1. The van der Waals surface area contributed by atoms with Gasteiger partial charge in [0.15, 0.2) is 11.5 Å². The molecular weight excluding hydrogens is 960 g/mol. The molecule has 5 aromatic rings. The van der Waals surface area contributed by atoms with Crippen LogP contribution < -0.4 is 25.1 Å². The van der Waals surface area contributed by atoms with Crippen LogP contribution in [0.2, 0.25) is 0 Å². The molecule has 2 aromatic heterocycles. The molecule has 0 saturated carbocycles. The summed E-state index contributed by atoms with van der Waals surface area (Å²) < 4.78 is 99.3. The second-order valence-corrected chi connectivity index (χ2v) is 19.1. The molecule has 8 rings (SSSR count). The number of ketones is 1. The maximum Gasteiger partial charge on any atom is 0.493 e. The SMILES string of the molecule is CCN(C)S(=O)(=O)Nc1ccc(F)c(C(=O)c2cn(OC(=O)C(F)(F)F)c3ncc(-c4ccc(CN5CCN(C(=O)CN6CCN(c7cccc(NC8CCC(=O)NC8=O)c7)CC6)CC5)cc4)cc23)c1F. The summed E-state index contributed by atoms with van der Waals surface area (Å²) in [7, 11) is -3.14. The Hall–Kier alpha value is -7.02. The second kappa shape index (κ2) is 20.8. The van der Waals surface area contributed by atoms with E-state index in [-0.39, 0.29) is 40.8 Å². The van der Waals surface area contributed by atoms with Gasteiger partial charge in [0.1, 0.15) is 11.9 Å². The van der Waals surface area contributed by atoms with Crippen molar-refractivity contribution in [1.82, 2.24) is 34.0 Å². The third kappa shape index (κ3) is 11.5. The van der Waals surface area contributed by atoms with E-state index in [9.17, 15) is 45.6 Å². The van der Waals surface area contributed by atoms with Gasteiger partial charge in [-0.2, -0.15) is 30.6 Å². The highest BCUT2D eigenvalue weighted by Crippen LogP contribution is 2.32. The summed E-state index contributed by atoms with van der Waals surface area (Å²) in [5.74, 6) is -7.63. The van der Waals surface area contributed by atoms with Gasteiger partial charge in [0.25, 0.3) is 0 Å². The number of nitrogens with zero attached hydrogens (tertiary/aromatic N) is 7. The molecule has 1 atom stereocenters. The van der Waals surface area contributed by atoms with Gasteiger partial charge in [-0.1, -0.05) is 37.3 Å². The highest BCUT2D eigenvalue weighted by atomic mass is 32.2. The standard InChI is InChI=1S/C47H49F5N10O8S/c1-3-57(2)71(68,69)56-37-12-11-36(48)41(42(37)49)43(65)35-27-62(70-46(67)47(50,51)52)44-34(35)23-31(25-53-44)30-9-7-29(8-10-30)26-58-17-21-61(22-18-58)40(64)28-59-15-19-60(20-16-59)33-6-4-5-32(24-33)54-38-13-14-39(63)55-45(38)66/h4-12,23-25,27,38,54,56H,3,13-22,26,28H2,1-2H3,(H,55,63,66). The minimum Gasteiger partial charge on any atom is -0.374 e. The summed E-state index contributed by atoms with van der Waals surface area (Å²) in [5.41, 5.74) is 0.510. The summed E-state index contributed by atoms with van der Waals surface area (Å²) in [6, 6.07) is 17.2. The molecule has 0 aliphatic carbocycles. The predicted octanol–water partition coefficient (Wildman–Crippen LogP) is 4.02. The number of hydrogen-bond donors (Lipinski definition) is 3. The average Bonchev–Trinajstić information content (AvgIpc) is 3.70. The van der Waals surface area contributed by atoms with E-state index in [4.69, 9.17) is 0 Å². The van der Waals surface area contributed by atoms with Crippen LogP contribution in [0, 0.1) is 11.6 Å². The molecule has 24 heteroatoms. The molecule has 3 aromatic carbocycles. The first-order valence-electron chi connectivity index (χ1n) is 22.6. The molecule has 3 fully saturated rings. The minimum atomic E-state index is -5.46. The molecule has 376 valence electrons. The lowest BCUT2D eigenvalue weighted by atomic mass is 9.99. The predicted molar refractivity (Wildman–Crippen MR) is 250 cm³/mol. The number of aromatic nitrogens is 2. The summed E-state index contributed by atoms with van der Waals surface area (Å²) in [5, 5.41) is 5.36. The van der Waals surface area contributed by atoms with Crippen LogP contribution in [-0.4, -0.2) is 151 Å². The molecule has 0 radical (unpaired) electrons. The van der Waals surface area contributed by atoms with Crippen molar-refractivity contribution in [3.8, 4) is 11.1 Å². The molecular formula is C47H49F5N10O8S. The molecule has 18 nitrogen and oxygen atoms in total. The Morgan fingerprint density at radius 2 is 1.61 bits per heavy atom. The molecule has 3 saturated heterocycles. The van der Waals surface area contributed by atoms with Crippen molar-refractivity contribution in [3.05, 3.63) is 107 Å². The van der Waals surface area contributed by atoms with Crippen LogP contribution in [0.1, 0.15) is 41.3 Å². The number of piperazine rings is 2. The van der Waals surface area contributed by atoms with Crippen molar-refractivity contribution in [3.63, 3.8) is 0 Å². The van der Waals surface area contributed by atoms with E-state index in [0.717, 1.165) is 27.3 Å². The van der Waals surface area contributed by atoms with Gasteiger partial charge in [-0.25, -0.2) is 18.6 Å². The lowest BCUT2D eigenvalue weighted by molar-refractivity contribution is -0.199. The first kappa shape index (κ1) is 50.4. The Kier molecular flexibility index (Phi) is 14.7. The number of carbonyl (C=O) groups excluding carboxylic acids is 5. The van der Waals surface area contributed by atoms with E-state index in [1.54, 1.807) is 12.1 Å². The maximum absolute atomic E-state index is 15.9. The summed E-state index contributed by atoms with van der Waals surface area (Å²) in [4.78, 5) is 80.1. The fourth-order valence-corrected chi connectivity index (χ4v) is 9.42. The lowest BCUT2D eigenvalue weighted by Gasteiger charge is -2.38. The van der Waals surface area contributed by atoms with Crippen molar-refractivity contribution in [2.75, 3.05) is 87.4 Å². The number of anilines is 3. The van der Waals surface area contributed by atoms with Crippen LogP contribution in [0.15, 0.2) is 79.1 Å². The van der Waals surface area contributed by atoms with Crippen LogP contribution >= 0.6 is 0 Å². The minimum absolute atomic E-state index is 0.0166. The number of nitrogens with one attached hydrogen (secondary N) is 3. The number of benzene rings is 3. The van der Waals surface area contributed by atoms with Crippen LogP contribution in [0.5, 0.6) is 0 Å².